The van der Waals surface area contributed by atoms with Gasteiger partial charge in [0.25, 0.3) is 0 Å². The first-order valence-electron chi connectivity index (χ1n) is 6.32. The minimum absolute atomic E-state index is 0.126. The van der Waals surface area contributed by atoms with Crippen LogP contribution < -0.4 is 0 Å². The molecule has 118 valence electrons. The Kier molecular flexibility index (Phi) is 4.60. The molecule has 0 fully saturated rings. The highest BCUT2D eigenvalue weighted by atomic mass is 35.5. The highest BCUT2D eigenvalue weighted by Crippen LogP contribution is 2.35. The van der Waals surface area contributed by atoms with E-state index in [9.17, 15) is 4.79 Å². The van der Waals surface area contributed by atoms with Gasteiger partial charge in [-0.05, 0) is 23.9 Å². The summed E-state index contributed by atoms with van der Waals surface area (Å²) >= 11 is 8.40. The minimum atomic E-state index is -0.505. The van der Waals surface area contributed by atoms with Gasteiger partial charge in [0.15, 0.2) is 25.4 Å². The maximum atomic E-state index is 11.6. The standard InChI is InChI=1S/C13H10ClN5O2S2/c1-19-10(7-3-5-15-6-4-7)17-18-12(19)23-13-16-9(14)8(22-13)11(20)21-2/h3-6H,1-2H3. The van der Waals surface area contributed by atoms with Gasteiger partial charge in [-0.3, -0.25) is 4.98 Å². The molecule has 3 aromatic rings. The van der Waals surface area contributed by atoms with Gasteiger partial charge < -0.3 is 9.30 Å². The number of hydrogen-bond donors (Lipinski definition) is 0. The highest BCUT2D eigenvalue weighted by Gasteiger charge is 2.20. The van der Waals surface area contributed by atoms with Crippen LogP contribution in [0.2, 0.25) is 5.15 Å². The fraction of sp³-hybridized carbons (Fsp3) is 0.154. The van der Waals surface area contributed by atoms with Crippen LogP contribution in [0, 0.1) is 0 Å². The van der Waals surface area contributed by atoms with Gasteiger partial charge >= 0.3 is 5.97 Å². The molecule has 0 amide bonds. The number of methoxy groups -OCH3 is 1. The lowest BCUT2D eigenvalue weighted by Gasteiger charge is -2.01. The van der Waals surface area contributed by atoms with Crippen molar-refractivity contribution in [1.82, 2.24) is 24.7 Å². The largest absolute Gasteiger partial charge is 0.465 e. The lowest BCUT2D eigenvalue weighted by Crippen LogP contribution is -1.98. The molecule has 7 nitrogen and oxygen atoms in total. The summed E-state index contributed by atoms with van der Waals surface area (Å²) < 4.78 is 7.10. The van der Waals surface area contributed by atoms with E-state index in [0.29, 0.717) is 15.3 Å². The Bertz CT molecular complexity index is 849. The van der Waals surface area contributed by atoms with Crippen LogP contribution in [-0.4, -0.2) is 37.8 Å². The molecule has 3 rings (SSSR count). The molecule has 0 aliphatic heterocycles. The van der Waals surface area contributed by atoms with E-state index < -0.39 is 5.97 Å². The fourth-order valence-corrected chi connectivity index (χ4v) is 4.00. The second-order valence-electron chi connectivity index (χ2n) is 4.29. The van der Waals surface area contributed by atoms with Crippen LogP contribution in [-0.2, 0) is 11.8 Å². The van der Waals surface area contributed by atoms with Crippen LogP contribution in [0.5, 0.6) is 0 Å². The monoisotopic (exact) mass is 367 g/mol. The highest BCUT2D eigenvalue weighted by molar-refractivity contribution is 8.00. The number of ether oxygens (including phenoxy) is 1. The van der Waals surface area contributed by atoms with Gasteiger partial charge in [0.05, 0.1) is 7.11 Å². The van der Waals surface area contributed by atoms with Crippen molar-refractivity contribution >= 4 is 40.7 Å². The van der Waals surface area contributed by atoms with E-state index in [1.54, 1.807) is 12.4 Å². The van der Waals surface area contributed by atoms with E-state index in [1.165, 1.54) is 18.9 Å². The molecule has 0 bridgehead atoms. The summed E-state index contributed by atoms with van der Waals surface area (Å²) in [5.74, 6) is 0.209. The third kappa shape index (κ3) is 3.21. The van der Waals surface area contributed by atoms with Crippen LogP contribution >= 0.6 is 34.7 Å². The Morgan fingerprint density at radius 1 is 1.35 bits per heavy atom. The molecule has 3 aromatic heterocycles. The van der Waals surface area contributed by atoms with E-state index in [0.717, 1.165) is 16.9 Å². The number of nitrogens with zero attached hydrogens (tertiary/aromatic N) is 5. The zero-order valence-electron chi connectivity index (χ0n) is 12.1. The first kappa shape index (κ1) is 15.9. The zero-order valence-corrected chi connectivity index (χ0v) is 14.4. The fourth-order valence-electron chi connectivity index (χ4n) is 1.78. The second-order valence-corrected chi connectivity index (χ2v) is 6.87. The van der Waals surface area contributed by atoms with Gasteiger partial charge in [0.2, 0.25) is 0 Å². The molecular weight excluding hydrogens is 358 g/mol. The Balaban J connectivity index is 1.87. The predicted molar refractivity (Wildman–Crippen MR) is 86.8 cm³/mol. The lowest BCUT2D eigenvalue weighted by atomic mass is 10.2. The van der Waals surface area contributed by atoms with Crippen molar-refractivity contribution in [2.75, 3.05) is 7.11 Å². The number of carbonyl (C=O) groups is 1. The van der Waals surface area contributed by atoms with Crippen molar-refractivity contribution in [3.8, 4) is 11.4 Å². The molecular formula is C13H10ClN5O2S2. The number of carbonyl (C=O) groups excluding carboxylic acids is 1. The van der Waals surface area contributed by atoms with Crippen LogP contribution in [0.25, 0.3) is 11.4 Å². The third-order valence-electron chi connectivity index (χ3n) is 2.89. The van der Waals surface area contributed by atoms with Gasteiger partial charge in [-0.25, -0.2) is 9.78 Å². The maximum absolute atomic E-state index is 11.6. The summed E-state index contributed by atoms with van der Waals surface area (Å²) in [6, 6.07) is 3.71. The predicted octanol–water partition coefficient (Wildman–Crippen LogP) is 2.92. The van der Waals surface area contributed by atoms with Crippen molar-refractivity contribution in [3.05, 3.63) is 34.6 Å². The smallest absolute Gasteiger partial charge is 0.351 e. The minimum Gasteiger partial charge on any atom is -0.465 e. The molecule has 10 heteroatoms. The Morgan fingerprint density at radius 2 is 2.09 bits per heavy atom. The quantitative estimate of drug-likeness (QED) is 0.655. The topological polar surface area (TPSA) is 82.8 Å². The zero-order chi connectivity index (χ0) is 16.4. The van der Waals surface area contributed by atoms with Gasteiger partial charge in [-0.15, -0.1) is 10.2 Å². The van der Waals surface area contributed by atoms with E-state index in [-0.39, 0.29) is 10.0 Å². The van der Waals surface area contributed by atoms with Gasteiger partial charge in [0, 0.05) is 25.0 Å². The molecule has 0 N–H and O–H groups in total. The van der Waals surface area contributed by atoms with E-state index in [1.807, 2.05) is 23.7 Å². The summed E-state index contributed by atoms with van der Waals surface area (Å²) in [5.41, 5.74) is 0.911. The summed E-state index contributed by atoms with van der Waals surface area (Å²) in [7, 11) is 3.16. The number of rotatable bonds is 4. The molecule has 0 spiro atoms. The molecule has 0 saturated heterocycles. The van der Waals surface area contributed by atoms with Crippen molar-refractivity contribution in [2.45, 2.75) is 9.50 Å². The van der Waals surface area contributed by atoms with E-state index >= 15 is 0 Å². The van der Waals surface area contributed by atoms with Gasteiger partial charge in [-0.2, -0.15) is 0 Å². The first-order valence-corrected chi connectivity index (χ1v) is 8.33. The first-order chi connectivity index (χ1) is 11.1. The summed E-state index contributed by atoms with van der Waals surface area (Å²) in [5, 5.41) is 9.10. The second kappa shape index (κ2) is 6.65. The third-order valence-corrected chi connectivity index (χ3v) is 5.41. The van der Waals surface area contributed by atoms with Gasteiger partial charge in [0.1, 0.15) is 0 Å². The molecule has 23 heavy (non-hydrogen) atoms. The lowest BCUT2D eigenvalue weighted by molar-refractivity contribution is 0.0606. The van der Waals surface area contributed by atoms with E-state index in [2.05, 4.69) is 24.9 Å². The number of aromatic nitrogens is 5. The van der Waals surface area contributed by atoms with Crippen LogP contribution in [0.4, 0.5) is 0 Å². The van der Waals surface area contributed by atoms with Crippen LogP contribution in [0.15, 0.2) is 34.0 Å². The Morgan fingerprint density at radius 3 is 2.78 bits per heavy atom. The normalized spacial score (nSPS) is 10.7. The Hall–Kier alpha value is -1.97. The van der Waals surface area contributed by atoms with E-state index in [4.69, 9.17) is 11.6 Å². The summed E-state index contributed by atoms with van der Waals surface area (Å²) in [6.45, 7) is 0. The average molecular weight is 368 g/mol. The maximum Gasteiger partial charge on any atom is 0.351 e. The van der Waals surface area contributed by atoms with Crippen LogP contribution in [0.1, 0.15) is 9.67 Å². The Labute approximate surface area is 144 Å². The number of halogens is 1. The summed E-state index contributed by atoms with van der Waals surface area (Å²) in [4.78, 5) is 20.0. The molecule has 0 aliphatic carbocycles. The van der Waals surface area contributed by atoms with Crippen molar-refractivity contribution in [3.63, 3.8) is 0 Å². The van der Waals surface area contributed by atoms with Crippen molar-refractivity contribution in [1.29, 1.82) is 0 Å². The molecule has 0 unspecified atom stereocenters. The molecule has 0 aliphatic rings. The number of hydrogen-bond acceptors (Lipinski definition) is 8. The SMILES string of the molecule is COC(=O)c1sc(Sc2nnc(-c3ccncc3)n2C)nc1Cl. The number of thiazole rings is 1. The van der Waals surface area contributed by atoms with Gasteiger partial charge in [-0.1, -0.05) is 22.9 Å². The molecule has 0 saturated carbocycles. The average Bonchev–Trinajstić information content (AvgIpc) is 3.11. The summed E-state index contributed by atoms with van der Waals surface area (Å²) in [6.07, 6.45) is 3.39. The molecule has 3 heterocycles. The number of pyridine rings is 1. The molecule has 0 aromatic carbocycles. The van der Waals surface area contributed by atoms with Crippen molar-refractivity contribution < 1.29 is 9.53 Å². The van der Waals surface area contributed by atoms with Crippen LogP contribution in [0.3, 0.4) is 0 Å². The van der Waals surface area contributed by atoms with Crippen molar-refractivity contribution in [2.24, 2.45) is 7.05 Å². The molecule has 0 atom stereocenters. The molecule has 0 radical (unpaired) electrons. The number of esters is 1.